The molecule has 2 rings (SSSR count). The number of hydrogen-bond donors (Lipinski definition) is 3. The number of nitrogens with zero attached hydrogens (tertiary/aromatic N) is 2. The highest BCUT2D eigenvalue weighted by molar-refractivity contribution is 5.89. The Bertz CT molecular complexity index is 740. The molecule has 2 aromatic rings. The van der Waals surface area contributed by atoms with Gasteiger partial charge < -0.3 is 15.7 Å². The van der Waals surface area contributed by atoms with Crippen molar-refractivity contribution < 1.29 is 14.3 Å². The number of hydrogen-bond acceptors (Lipinski definition) is 3. The Morgan fingerprint density at radius 2 is 2.04 bits per heavy atom. The van der Waals surface area contributed by atoms with E-state index in [1.165, 1.54) is 10.7 Å². The maximum absolute atomic E-state index is 14.4. The van der Waals surface area contributed by atoms with E-state index >= 15 is 0 Å². The Kier molecular flexibility index (Phi) is 5.23. The van der Waals surface area contributed by atoms with Crippen molar-refractivity contribution >= 4 is 11.7 Å². The van der Waals surface area contributed by atoms with Crippen molar-refractivity contribution in [3.63, 3.8) is 0 Å². The van der Waals surface area contributed by atoms with E-state index in [1.54, 1.807) is 26.0 Å². The summed E-state index contributed by atoms with van der Waals surface area (Å²) in [5.74, 6) is -0.478. The number of amides is 2. The summed E-state index contributed by atoms with van der Waals surface area (Å²) in [5, 5.41) is 18.6. The molecule has 0 radical (unpaired) electrons. The van der Waals surface area contributed by atoms with Crippen LogP contribution in [0.2, 0.25) is 0 Å². The molecule has 0 saturated heterocycles. The first kappa shape index (κ1) is 17.9. The minimum Gasteiger partial charge on any atom is -0.396 e. The van der Waals surface area contributed by atoms with Crippen LogP contribution in [-0.2, 0) is 0 Å². The van der Waals surface area contributed by atoms with Gasteiger partial charge in [0.1, 0.15) is 5.69 Å². The van der Waals surface area contributed by atoms with E-state index in [0.717, 1.165) is 11.4 Å². The van der Waals surface area contributed by atoms with Crippen LogP contribution in [0.25, 0.3) is 5.69 Å². The van der Waals surface area contributed by atoms with Gasteiger partial charge in [-0.2, -0.15) is 5.10 Å². The Labute approximate surface area is 140 Å². The molecule has 3 N–H and O–H groups in total. The summed E-state index contributed by atoms with van der Waals surface area (Å²) in [6.07, 6.45) is 0.422. The van der Waals surface area contributed by atoms with Gasteiger partial charge in [-0.15, -0.1) is 0 Å². The minimum absolute atomic E-state index is 0.0285. The first-order valence-corrected chi connectivity index (χ1v) is 7.75. The minimum atomic E-state index is -0.555. The van der Waals surface area contributed by atoms with Crippen molar-refractivity contribution in [3.05, 3.63) is 41.5 Å². The Balaban J connectivity index is 2.13. The summed E-state index contributed by atoms with van der Waals surface area (Å²) < 4.78 is 15.9. The van der Waals surface area contributed by atoms with Gasteiger partial charge in [-0.05, 0) is 58.4 Å². The molecule has 24 heavy (non-hydrogen) atoms. The van der Waals surface area contributed by atoms with E-state index < -0.39 is 17.4 Å². The molecule has 1 heterocycles. The summed E-state index contributed by atoms with van der Waals surface area (Å²) in [4.78, 5) is 12.0. The molecule has 0 fully saturated rings. The molecule has 0 aliphatic carbocycles. The summed E-state index contributed by atoms with van der Waals surface area (Å²) in [7, 11) is 0. The first-order chi connectivity index (χ1) is 11.2. The molecular formula is C17H23FN4O2. The Morgan fingerprint density at radius 3 is 2.58 bits per heavy atom. The number of rotatable bonds is 5. The second kappa shape index (κ2) is 7.00. The van der Waals surface area contributed by atoms with Crippen LogP contribution in [0, 0.1) is 19.7 Å². The lowest BCUT2D eigenvalue weighted by molar-refractivity contribution is 0.218. The van der Waals surface area contributed by atoms with Crippen LogP contribution < -0.4 is 10.6 Å². The predicted octanol–water partition coefficient (Wildman–Crippen LogP) is 2.91. The van der Waals surface area contributed by atoms with Gasteiger partial charge in [-0.1, -0.05) is 0 Å². The fraction of sp³-hybridized carbons (Fsp3) is 0.412. The largest absolute Gasteiger partial charge is 0.396 e. The van der Waals surface area contributed by atoms with Gasteiger partial charge in [0.15, 0.2) is 5.82 Å². The van der Waals surface area contributed by atoms with Gasteiger partial charge in [0.25, 0.3) is 0 Å². The third kappa shape index (κ3) is 4.32. The Hall–Kier alpha value is -2.41. The SMILES string of the molecule is Cc1cc(C)n(-c2ccc(NC(=O)NC(C)(C)CCO)cc2F)n1. The van der Waals surface area contributed by atoms with Crippen molar-refractivity contribution in [1.29, 1.82) is 0 Å². The number of aromatic nitrogens is 2. The topological polar surface area (TPSA) is 79.2 Å². The molecule has 2 amide bonds. The molecule has 1 aromatic heterocycles. The second-order valence-electron chi connectivity index (χ2n) is 6.44. The van der Waals surface area contributed by atoms with E-state index in [-0.39, 0.29) is 6.61 Å². The van der Waals surface area contributed by atoms with Gasteiger partial charge in [-0.3, -0.25) is 0 Å². The first-order valence-electron chi connectivity index (χ1n) is 7.75. The van der Waals surface area contributed by atoms with Gasteiger partial charge in [0, 0.05) is 23.5 Å². The maximum atomic E-state index is 14.4. The van der Waals surface area contributed by atoms with Crippen molar-refractivity contribution in [3.8, 4) is 5.69 Å². The zero-order valence-electron chi connectivity index (χ0n) is 14.4. The van der Waals surface area contributed by atoms with Gasteiger partial charge in [-0.25, -0.2) is 13.9 Å². The molecule has 0 aliphatic rings. The summed E-state index contributed by atoms with van der Waals surface area (Å²) in [6.45, 7) is 7.27. The van der Waals surface area contributed by atoms with Crippen molar-refractivity contribution in [2.75, 3.05) is 11.9 Å². The van der Waals surface area contributed by atoms with Crippen molar-refractivity contribution in [2.45, 2.75) is 39.7 Å². The molecule has 6 nitrogen and oxygen atoms in total. The van der Waals surface area contributed by atoms with Crippen LogP contribution in [0.4, 0.5) is 14.9 Å². The van der Waals surface area contributed by atoms with Crippen LogP contribution in [0.15, 0.2) is 24.3 Å². The number of benzene rings is 1. The standard InChI is InChI=1S/C17H23FN4O2/c1-11-9-12(2)22(21-11)15-6-5-13(10-14(15)18)19-16(24)20-17(3,4)7-8-23/h5-6,9-10,23H,7-8H2,1-4H3,(H2,19,20,24). The van der Waals surface area contributed by atoms with Crippen molar-refractivity contribution in [1.82, 2.24) is 15.1 Å². The molecule has 0 aliphatic heterocycles. The lowest BCUT2D eigenvalue weighted by Gasteiger charge is -2.25. The highest BCUT2D eigenvalue weighted by Crippen LogP contribution is 2.20. The lowest BCUT2D eigenvalue weighted by Crippen LogP contribution is -2.46. The third-order valence-corrected chi connectivity index (χ3v) is 3.63. The van der Waals surface area contributed by atoms with Gasteiger partial charge in [0.05, 0.1) is 5.69 Å². The smallest absolute Gasteiger partial charge is 0.319 e. The number of carbonyl (C=O) groups excluding carboxylic acids is 1. The number of anilines is 1. The normalized spacial score (nSPS) is 11.4. The summed E-state index contributed by atoms with van der Waals surface area (Å²) in [5.41, 5.74) is 1.75. The fourth-order valence-electron chi connectivity index (χ4n) is 2.44. The summed E-state index contributed by atoms with van der Waals surface area (Å²) in [6, 6.07) is 5.86. The number of carbonyl (C=O) groups is 1. The number of urea groups is 1. The zero-order valence-corrected chi connectivity index (χ0v) is 14.4. The average Bonchev–Trinajstić information content (AvgIpc) is 2.76. The van der Waals surface area contributed by atoms with E-state index in [4.69, 9.17) is 5.11 Å². The van der Waals surface area contributed by atoms with E-state index in [2.05, 4.69) is 15.7 Å². The van der Waals surface area contributed by atoms with Gasteiger partial charge >= 0.3 is 6.03 Å². The van der Waals surface area contributed by atoms with Crippen LogP contribution in [0.1, 0.15) is 31.7 Å². The monoisotopic (exact) mass is 334 g/mol. The maximum Gasteiger partial charge on any atom is 0.319 e. The number of aliphatic hydroxyl groups excluding tert-OH is 1. The molecule has 0 saturated carbocycles. The van der Waals surface area contributed by atoms with Gasteiger partial charge in [0.2, 0.25) is 0 Å². The quantitative estimate of drug-likeness (QED) is 0.786. The molecule has 0 bridgehead atoms. The molecule has 0 atom stereocenters. The number of aliphatic hydroxyl groups is 1. The zero-order chi connectivity index (χ0) is 17.9. The second-order valence-corrected chi connectivity index (χ2v) is 6.44. The fourth-order valence-corrected chi connectivity index (χ4v) is 2.44. The van der Waals surface area contributed by atoms with E-state index in [9.17, 15) is 9.18 Å². The predicted molar refractivity (Wildman–Crippen MR) is 90.9 cm³/mol. The third-order valence-electron chi connectivity index (χ3n) is 3.63. The van der Waals surface area contributed by atoms with Crippen LogP contribution >= 0.6 is 0 Å². The van der Waals surface area contributed by atoms with E-state index in [1.807, 2.05) is 19.9 Å². The molecule has 1 aromatic carbocycles. The number of halogens is 1. The lowest BCUT2D eigenvalue weighted by atomic mass is 10.0. The van der Waals surface area contributed by atoms with E-state index in [0.29, 0.717) is 17.8 Å². The number of aryl methyl sites for hydroxylation is 2. The molecule has 7 heteroatoms. The van der Waals surface area contributed by atoms with Crippen LogP contribution in [0.5, 0.6) is 0 Å². The molecular weight excluding hydrogens is 311 g/mol. The molecule has 130 valence electrons. The Morgan fingerprint density at radius 1 is 1.33 bits per heavy atom. The van der Waals surface area contributed by atoms with Crippen molar-refractivity contribution in [2.24, 2.45) is 0 Å². The van der Waals surface area contributed by atoms with Crippen LogP contribution in [-0.4, -0.2) is 33.1 Å². The van der Waals surface area contributed by atoms with Crippen LogP contribution in [0.3, 0.4) is 0 Å². The average molecular weight is 334 g/mol. The highest BCUT2D eigenvalue weighted by Gasteiger charge is 2.20. The number of nitrogens with one attached hydrogen (secondary N) is 2. The highest BCUT2D eigenvalue weighted by atomic mass is 19.1. The molecule has 0 unspecified atom stereocenters. The summed E-state index contributed by atoms with van der Waals surface area (Å²) >= 11 is 0. The molecule has 0 spiro atoms.